The van der Waals surface area contributed by atoms with Gasteiger partial charge in [-0.2, -0.15) is 0 Å². The second-order valence-electron chi connectivity index (χ2n) is 11.4. The Morgan fingerprint density at radius 2 is 1.56 bits per heavy atom. The molecule has 2 bridgehead atoms. The highest BCUT2D eigenvalue weighted by atomic mass is 16.5. The Bertz CT molecular complexity index is 1700. The summed E-state index contributed by atoms with van der Waals surface area (Å²) in [5.74, 6) is -0.729. The molecule has 4 unspecified atom stereocenters. The summed E-state index contributed by atoms with van der Waals surface area (Å²) in [4.78, 5) is 58.5. The first-order valence-electron chi connectivity index (χ1n) is 14.0. The van der Waals surface area contributed by atoms with Gasteiger partial charge in [-0.05, 0) is 68.4 Å². The van der Waals surface area contributed by atoms with Crippen LogP contribution in [0.2, 0.25) is 0 Å². The molecular weight excluding hydrogens is 516 g/mol. The van der Waals surface area contributed by atoms with E-state index in [-0.39, 0.29) is 36.0 Å². The molecule has 2 aliphatic carbocycles. The van der Waals surface area contributed by atoms with E-state index >= 15 is 0 Å². The zero-order valence-electron chi connectivity index (χ0n) is 22.6. The van der Waals surface area contributed by atoms with Crippen molar-refractivity contribution in [2.45, 2.75) is 26.2 Å². The number of ketones is 1. The van der Waals surface area contributed by atoms with Crippen LogP contribution in [0.4, 0.5) is 5.69 Å². The highest BCUT2D eigenvalue weighted by Crippen LogP contribution is 2.56. The summed E-state index contributed by atoms with van der Waals surface area (Å²) in [5, 5.41) is 0.636. The molecule has 1 saturated heterocycles. The van der Waals surface area contributed by atoms with Gasteiger partial charge in [-0.25, -0.2) is 9.78 Å². The number of carbonyl (C=O) groups is 4. The number of fused-ring (bicyclic) bond motifs is 6. The number of benzene rings is 3. The molecule has 4 atom stereocenters. The molecule has 204 valence electrons. The van der Waals surface area contributed by atoms with Crippen molar-refractivity contribution >= 4 is 40.2 Å². The summed E-state index contributed by atoms with van der Waals surface area (Å²) < 4.78 is 5.45. The monoisotopic (exact) mass is 544 g/mol. The normalized spacial score (nSPS) is 22.8. The zero-order valence-corrected chi connectivity index (χ0v) is 22.6. The molecule has 1 aliphatic heterocycles. The first-order valence-corrected chi connectivity index (χ1v) is 14.0. The number of carbonyl (C=O) groups excluding carboxylic acids is 4. The number of ether oxygens (including phenoxy) is 1. The van der Waals surface area contributed by atoms with Gasteiger partial charge < -0.3 is 4.74 Å². The van der Waals surface area contributed by atoms with E-state index in [1.807, 2.05) is 43.3 Å². The molecular formula is C34H28N2O5. The molecule has 4 aromatic rings. The van der Waals surface area contributed by atoms with Gasteiger partial charge in [0.1, 0.15) is 0 Å². The summed E-state index contributed by atoms with van der Waals surface area (Å²) in [6, 6.07) is 23.2. The summed E-state index contributed by atoms with van der Waals surface area (Å²) >= 11 is 0. The van der Waals surface area contributed by atoms with Crippen LogP contribution in [0.15, 0.2) is 78.9 Å². The van der Waals surface area contributed by atoms with Crippen molar-refractivity contribution in [1.29, 1.82) is 0 Å². The Balaban J connectivity index is 1.17. The van der Waals surface area contributed by atoms with Crippen LogP contribution in [-0.2, 0) is 14.3 Å². The van der Waals surface area contributed by atoms with Crippen LogP contribution < -0.4 is 4.90 Å². The van der Waals surface area contributed by atoms with Gasteiger partial charge in [0.2, 0.25) is 11.8 Å². The number of hydrogen-bond acceptors (Lipinski definition) is 6. The van der Waals surface area contributed by atoms with E-state index in [2.05, 4.69) is 0 Å². The van der Waals surface area contributed by atoms with Crippen LogP contribution in [0.3, 0.4) is 0 Å². The van der Waals surface area contributed by atoms with Gasteiger partial charge in [-0.1, -0.05) is 54.1 Å². The molecule has 7 heteroatoms. The third-order valence-corrected chi connectivity index (χ3v) is 8.96. The number of nitrogens with zero attached hydrogens (tertiary/aromatic N) is 2. The molecule has 0 N–H and O–H groups in total. The number of rotatable bonds is 6. The van der Waals surface area contributed by atoms with E-state index in [9.17, 15) is 19.2 Å². The third-order valence-electron chi connectivity index (χ3n) is 8.96. The fraction of sp³-hybridized carbons (Fsp3) is 0.265. The van der Waals surface area contributed by atoms with E-state index in [0.717, 1.165) is 30.4 Å². The lowest BCUT2D eigenvalue weighted by Gasteiger charge is -2.19. The Hall–Kier alpha value is -4.65. The SMILES string of the molecule is Cc1ccc2nc(-c3ccc(N4C(=O)C5C6CCC(C6)C5C4=O)cc3)cc(C(=O)OCC(=O)c3ccccc3)c2c1. The van der Waals surface area contributed by atoms with Crippen LogP contribution >= 0.6 is 0 Å². The number of aromatic nitrogens is 1. The van der Waals surface area contributed by atoms with Crippen molar-refractivity contribution in [2.24, 2.45) is 23.7 Å². The van der Waals surface area contributed by atoms with Crippen molar-refractivity contribution in [2.75, 3.05) is 11.5 Å². The van der Waals surface area contributed by atoms with Crippen LogP contribution in [0.5, 0.6) is 0 Å². The van der Waals surface area contributed by atoms with Crippen molar-refractivity contribution < 1.29 is 23.9 Å². The second-order valence-corrected chi connectivity index (χ2v) is 11.4. The van der Waals surface area contributed by atoms with Gasteiger partial charge in [0.25, 0.3) is 0 Å². The third kappa shape index (κ3) is 4.24. The Morgan fingerprint density at radius 3 is 2.24 bits per heavy atom. The lowest BCUT2D eigenvalue weighted by atomic mass is 9.81. The zero-order chi connectivity index (χ0) is 28.2. The topological polar surface area (TPSA) is 93.6 Å². The maximum atomic E-state index is 13.3. The number of imide groups is 1. The van der Waals surface area contributed by atoms with E-state index in [1.165, 1.54) is 4.90 Å². The second kappa shape index (κ2) is 9.77. The van der Waals surface area contributed by atoms with E-state index in [0.29, 0.717) is 45.2 Å². The summed E-state index contributed by atoms with van der Waals surface area (Å²) in [6.45, 7) is 1.56. The maximum absolute atomic E-state index is 13.3. The molecule has 3 fully saturated rings. The molecule has 41 heavy (non-hydrogen) atoms. The number of anilines is 1. The first kappa shape index (κ1) is 25.3. The standard InChI is InChI=1S/C34H28N2O5/c1-19-7-14-27-25(15-19)26(34(40)41-18-29(37)21-5-3-2-4-6-21)17-28(35-27)20-10-12-24(13-11-20)36-32(38)30-22-8-9-23(16-22)31(30)33(36)39/h2-7,10-15,17,22-23,30-31H,8-9,16,18H2,1H3. The van der Waals surface area contributed by atoms with Crippen LogP contribution in [-0.4, -0.2) is 35.2 Å². The van der Waals surface area contributed by atoms with Crippen LogP contribution in [0, 0.1) is 30.6 Å². The molecule has 3 aliphatic rings. The van der Waals surface area contributed by atoms with Gasteiger partial charge in [0.05, 0.1) is 34.3 Å². The summed E-state index contributed by atoms with van der Waals surface area (Å²) in [5.41, 5.74) is 4.20. The predicted molar refractivity (Wildman–Crippen MR) is 153 cm³/mol. The van der Waals surface area contributed by atoms with Crippen molar-refractivity contribution in [3.8, 4) is 11.3 Å². The number of pyridine rings is 1. The van der Waals surface area contributed by atoms with E-state index in [4.69, 9.17) is 9.72 Å². The van der Waals surface area contributed by atoms with Crippen LogP contribution in [0.1, 0.15) is 45.5 Å². The molecule has 0 radical (unpaired) electrons. The molecule has 2 saturated carbocycles. The smallest absolute Gasteiger partial charge is 0.339 e. The minimum absolute atomic E-state index is 0.0748. The average Bonchev–Trinajstić information content (AvgIpc) is 3.69. The van der Waals surface area contributed by atoms with Crippen molar-refractivity contribution in [1.82, 2.24) is 4.98 Å². The summed E-state index contributed by atoms with van der Waals surface area (Å²) in [6.07, 6.45) is 3.07. The quantitative estimate of drug-likeness (QED) is 0.173. The largest absolute Gasteiger partial charge is 0.454 e. The molecule has 2 heterocycles. The Kier molecular flexibility index (Phi) is 6.03. The highest BCUT2D eigenvalue weighted by Gasteiger charge is 2.61. The Morgan fingerprint density at radius 1 is 0.878 bits per heavy atom. The van der Waals surface area contributed by atoms with Gasteiger partial charge >= 0.3 is 5.97 Å². The molecule has 7 rings (SSSR count). The summed E-state index contributed by atoms with van der Waals surface area (Å²) in [7, 11) is 0. The molecule has 2 amide bonds. The van der Waals surface area contributed by atoms with E-state index < -0.39 is 5.97 Å². The fourth-order valence-corrected chi connectivity index (χ4v) is 7.02. The molecule has 0 spiro atoms. The number of esters is 1. The van der Waals surface area contributed by atoms with E-state index in [1.54, 1.807) is 42.5 Å². The van der Waals surface area contributed by atoms with Gasteiger partial charge in [-0.3, -0.25) is 19.3 Å². The molecule has 7 nitrogen and oxygen atoms in total. The van der Waals surface area contributed by atoms with Crippen molar-refractivity contribution in [3.63, 3.8) is 0 Å². The number of amides is 2. The van der Waals surface area contributed by atoms with Crippen LogP contribution in [0.25, 0.3) is 22.2 Å². The number of hydrogen-bond donors (Lipinski definition) is 0. The minimum atomic E-state index is -0.611. The predicted octanol–water partition coefficient (Wildman–Crippen LogP) is 5.79. The average molecular weight is 545 g/mol. The first-order chi connectivity index (χ1) is 19.9. The molecule has 3 aromatic carbocycles. The molecule has 1 aromatic heterocycles. The number of aryl methyl sites for hydroxylation is 1. The Labute approximate surface area is 237 Å². The highest BCUT2D eigenvalue weighted by molar-refractivity contribution is 6.22. The lowest BCUT2D eigenvalue weighted by Crippen LogP contribution is -2.32. The van der Waals surface area contributed by atoms with Gasteiger partial charge in [0, 0.05) is 16.5 Å². The lowest BCUT2D eigenvalue weighted by molar-refractivity contribution is -0.123. The fourth-order valence-electron chi connectivity index (χ4n) is 7.02. The van der Waals surface area contributed by atoms with Gasteiger partial charge in [-0.15, -0.1) is 0 Å². The number of Topliss-reactive ketones (excluding diaryl/α,β-unsaturated/α-hetero) is 1. The van der Waals surface area contributed by atoms with Gasteiger partial charge in [0.15, 0.2) is 12.4 Å². The maximum Gasteiger partial charge on any atom is 0.339 e. The van der Waals surface area contributed by atoms with Crippen molar-refractivity contribution in [3.05, 3.63) is 95.6 Å². The minimum Gasteiger partial charge on any atom is -0.454 e.